The van der Waals surface area contributed by atoms with Gasteiger partial charge in [-0.2, -0.15) is 0 Å². The van der Waals surface area contributed by atoms with Crippen molar-refractivity contribution in [3.8, 4) is 0 Å². The highest BCUT2D eigenvalue weighted by molar-refractivity contribution is 7.80. The first-order valence-electron chi connectivity index (χ1n) is 6.67. The van der Waals surface area contributed by atoms with Crippen LogP contribution in [0.25, 0.3) is 0 Å². The monoisotopic (exact) mass is 285 g/mol. The minimum Gasteiger partial charge on any atom is -0.362 e. The van der Waals surface area contributed by atoms with E-state index in [4.69, 9.17) is 12.2 Å². The Balaban J connectivity index is 1.80. The van der Waals surface area contributed by atoms with Crippen molar-refractivity contribution in [1.82, 2.24) is 10.3 Å². The van der Waals surface area contributed by atoms with Crippen molar-refractivity contribution in [2.75, 3.05) is 11.9 Å². The van der Waals surface area contributed by atoms with Crippen molar-refractivity contribution in [2.24, 2.45) is 0 Å². The largest absolute Gasteiger partial charge is 0.362 e. The molecule has 1 aromatic carbocycles. The predicted molar refractivity (Wildman–Crippen MR) is 88.1 cm³/mol. The molecule has 2 aromatic rings. The SMILES string of the molecule is Cc1cccc(CCNC(=S)Nc2ncccc2C)c1. The van der Waals surface area contributed by atoms with Gasteiger partial charge >= 0.3 is 0 Å². The molecule has 0 spiro atoms. The van der Waals surface area contributed by atoms with Crippen LogP contribution in [-0.4, -0.2) is 16.6 Å². The van der Waals surface area contributed by atoms with Crippen LogP contribution in [-0.2, 0) is 6.42 Å². The first-order valence-corrected chi connectivity index (χ1v) is 7.08. The number of anilines is 1. The molecular formula is C16H19N3S. The van der Waals surface area contributed by atoms with Crippen LogP contribution < -0.4 is 10.6 Å². The van der Waals surface area contributed by atoms with Crippen molar-refractivity contribution in [3.63, 3.8) is 0 Å². The minimum atomic E-state index is 0.611. The number of hydrogen-bond donors (Lipinski definition) is 2. The van der Waals surface area contributed by atoms with Crippen molar-refractivity contribution in [3.05, 3.63) is 59.3 Å². The lowest BCUT2D eigenvalue weighted by Gasteiger charge is -2.11. The third-order valence-electron chi connectivity index (χ3n) is 3.02. The second-order valence-corrected chi connectivity index (χ2v) is 5.20. The standard InChI is InChI=1S/C16H19N3S/c1-12-5-3-7-14(11-12)8-10-18-16(20)19-15-13(2)6-4-9-17-15/h3-7,9,11H,8,10H2,1-2H3,(H2,17,18,19,20). The second kappa shape index (κ2) is 7.01. The van der Waals surface area contributed by atoms with E-state index in [1.54, 1.807) is 6.20 Å². The lowest BCUT2D eigenvalue weighted by atomic mass is 10.1. The Hall–Kier alpha value is -1.94. The second-order valence-electron chi connectivity index (χ2n) is 4.79. The summed E-state index contributed by atoms with van der Waals surface area (Å²) in [4.78, 5) is 4.26. The van der Waals surface area contributed by atoms with Gasteiger partial charge < -0.3 is 10.6 Å². The topological polar surface area (TPSA) is 37.0 Å². The van der Waals surface area contributed by atoms with E-state index in [0.717, 1.165) is 24.3 Å². The highest BCUT2D eigenvalue weighted by Crippen LogP contribution is 2.08. The molecule has 0 aliphatic rings. The Kier molecular flexibility index (Phi) is 5.07. The molecule has 1 aromatic heterocycles. The molecule has 0 atom stereocenters. The quantitative estimate of drug-likeness (QED) is 0.846. The van der Waals surface area contributed by atoms with Crippen LogP contribution in [0.2, 0.25) is 0 Å². The number of rotatable bonds is 4. The smallest absolute Gasteiger partial charge is 0.171 e. The Bertz CT molecular complexity index is 596. The summed E-state index contributed by atoms with van der Waals surface area (Å²) in [5, 5.41) is 6.93. The minimum absolute atomic E-state index is 0.611. The van der Waals surface area contributed by atoms with Gasteiger partial charge in [-0.1, -0.05) is 35.9 Å². The zero-order chi connectivity index (χ0) is 14.4. The predicted octanol–water partition coefficient (Wildman–Crippen LogP) is 3.23. The summed E-state index contributed by atoms with van der Waals surface area (Å²) < 4.78 is 0. The van der Waals surface area contributed by atoms with Gasteiger partial charge in [0.2, 0.25) is 0 Å². The molecule has 0 saturated carbocycles. The molecule has 0 aliphatic heterocycles. The first kappa shape index (κ1) is 14.5. The molecule has 0 aliphatic carbocycles. The Morgan fingerprint density at radius 2 is 2.05 bits per heavy atom. The molecule has 104 valence electrons. The van der Waals surface area contributed by atoms with Gasteiger partial charge in [0, 0.05) is 12.7 Å². The summed E-state index contributed by atoms with van der Waals surface area (Å²) >= 11 is 5.27. The molecule has 20 heavy (non-hydrogen) atoms. The molecule has 0 amide bonds. The van der Waals surface area contributed by atoms with Crippen LogP contribution in [0.1, 0.15) is 16.7 Å². The number of pyridine rings is 1. The van der Waals surface area contributed by atoms with Crippen molar-refractivity contribution in [2.45, 2.75) is 20.3 Å². The van der Waals surface area contributed by atoms with Crippen LogP contribution >= 0.6 is 12.2 Å². The van der Waals surface area contributed by atoms with E-state index in [2.05, 4.69) is 46.8 Å². The number of aryl methyl sites for hydroxylation is 2. The molecule has 0 bridgehead atoms. The van der Waals surface area contributed by atoms with Gasteiger partial charge in [0.1, 0.15) is 5.82 Å². The van der Waals surface area contributed by atoms with Crippen molar-refractivity contribution >= 4 is 23.1 Å². The van der Waals surface area contributed by atoms with E-state index in [1.807, 2.05) is 19.1 Å². The fraction of sp³-hybridized carbons (Fsp3) is 0.250. The lowest BCUT2D eigenvalue weighted by molar-refractivity contribution is 0.872. The van der Waals surface area contributed by atoms with Crippen molar-refractivity contribution in [1.29, 1.82) is 0 Å². The fourth-order valence-corrected chi connectivity index (χ4v) is 2.16. The van der Waals surface area contributed by atoms with Gasteiger partial charge in [-0.3, -0.25) is 0 Å². The molecule has 0 fully saturated rings. The van der Waals surface area contributed by atoms with E-state index >= 15 is 0 Å². The van der Waals surface area contributed by atoms with Gasteiger partial charge in [-0.25, -0.2) is 4.98 Å². The Morgan fingerprint density at radius 1 is 1.20 bits per heavy atom. The summed E-state index contributed by atoms with van der Waals surface area (Å²) in [6, 6.07) is 12.4. The third kappa shape index (κ3) is 4.31. The molecule has 3 nitrogen and oxygen atoms in total. The molecule has 2 N–H and O–H groups in total. The molecule has 4 heteroatoms. The molecule has 2 rings (SSSR count). The number of aromatic nitrogens is 1. The lowest BCUT2D eigenvalue weighted by Crippen LogP contribution is -2.30. The number of nitrogens with one attached hydrogen (secondary N) is 2. The summed E-state index contributed by atoms with van der Waals surface area (Å²) in [6.07, 6.45) is 2.70. The summed E-state index contributed by atoms with van der Waals surface area (Å²) in [5.41, 5.74) is 3.68. The maximum absolute atomic E-state index is 5.27. The normalized spacial score (nSPS) is 10.1. The van der Waals surface area contributed by atoms with E-state index < -0.39 is 0 Å². The van der Waals surface area contributed by atoms with Crippen LogP contribution in [0.5, 0.6) is 0 Å². The van der Waals surface area contributed by atoms with Gasteiger partial charge in [-0.05, 0) is 49.7 Å². The van der Waals surface area contributed by atoms with Crippen molar-refractivity contribution < 1.29 is 0 Å². The van der Waals surface area contributed by atoms with E-state index in [0.29, 0.717) is 5.11 Å². The third-order valence-corrected chi connectivity index (χ3v) is 3.27. The Morgan fingerprint density at radius 3 is 2.80 bits per heavy atom. The van der Waals surface area contributed by atoms with Gasteiger partial charge in [0.25, 0.3) is 0 Å². The average molecular weight is 285 g/mol. The zero-order valence-corrected chi connectivity index (χ0v) is 12.6. The fourth-order valence-electron chi connectivity index (χ4n) is 1.96. The number of hydrogen-bond acceptors (Lipinski definition) is 2. The van der Waals surface area contributed by atoms with E-state index in [1.165, 1.54) is 11.1 Å². The average Bonchev–Trinajstić information content (AvgIpc) is 2.41. The van der Waals surface area contributed by atoms with Gasteiger partial charge in [0.15, 0.2) is 5.11 Å². The summed E-state index contributed by atoms with van der Waals surface area (Å²) in [5.74, 6) is 0.806. The summed E-state index contributed by atoms with van der Waals surface area (Å²) in [6.45, 7) is 4.92. The van der Waals surface area contributed by atoms with E-state index in [-0.39, 0.29) is 0 Å². The molecule has 0 radical (unpaired) electrons. The van der Waals surface area contributed by atoms with Crippen LogP contribution in [0.15, 0.2) is 42.6 Å². The zero-order valence-electron chi connectivity index (χ0n) is 11.8. The maximum Gasteiger partial charge on any atom is 0.171 e. The summed E-state index contributed by atoms with van der Waals surface area (Å²) in [7, 11) is 0. The van der Waals surface area contributed by atoms with E-state index in [9.17, 15) is 0 Å². The first-order chi connectivity index (χ1) is 9.65. The van der Waals surface area contributed by atoms with Crippen LogP contribution in [0.4, 0.5) is 5.82 Å². The number of thiocarbonyl (C=S) groups is 1. The molecule has 1 heterocycles. The van der Waals surface area contributed by atoms with Crippen LogP contribution in [0.3, 0.4) is 0 Å². The van der Waals surface area contributed by atoms with Crippen LogP contribution in [0, 0.1) is 13.8 Å². The van der Waals surface area contributed by atoms with Gasteiger partial charge in [-0.15, -0.1) is 0 Å². The highest BCUT2D eigenvalue weighted by Gasteiger charge is 2.01. The highest BCUT2D eigenvalue weighted by atomic mass is 32.1. The Labute approximate surface area is 125 Å². The molecule has 0 saturated heterocycles. The number of benzene rings is 1. The van der Waals surface area contributed by atoms with Gasteiger partial charge in [0.05, 0.1) is 0 Å². The maximum atomic E-state index is 5.27. The number of nitrogens with zero attached hydrogens (tertiary/aromatic N) is 1. The molecular weight excluding hydrogens is 266 g/mol. The molecule has 0 unspecified atom stereocenters.